The van der Waals surface area contributed by atoms with Crippen molar-refractivity contribution in [2.75, 3.05) is 7.11 Å². The maximum absolute atomic E-state index is 11.4. The highest BCUT2D eigenvalue weighted by Crippen LogP contribution is 2.26. The van der Waals surface area contributed by atoms with Gasteiger partial charge >= 0.3 is 5.97 Å². The Hall–Kier alpha value is -1.71. The molecule has 104 valence electrons. The molecule has 2 rings (SSSR count). The van der Waals surface area contributed by atoms with Crippen molar-refractivity contribution in [3.05, 3.63) is 63.6 Å². The van der Waals surface area contributed by atoms with E-state index in [-0.39, 0.29) is 6.61 Å². The SMILES string of the molecule is COC(=O)c1cccc(OCc2c(Cl)cccc2Cl)c1. The van der Waals surface area contributed by atoms with Crippen molar-refractivity contribution in [2.24, 2.45) is 0 Å². The topological polar surface area (TPSA) is 35.5 Å². The molecule has 0 amide bonds. The first-order valence-electron chi connectivity index (χ1n) is 5.86. The van der Waals surface area contributed by atoms with Crippen molar-refractivity contribution in [3.63, 3.8) is 0 Å². The van der Waals surface area contributed by atoms with Gasteiger partial charge in [-0.15, -0.1) is 0 Å². The molecule has 0 unspecified atom stereocenters. The minimum atomic E-state index is -0.411. The molecule has 2 aromatic rings. The van der Waals surface area contributed by atoms with Crippen LogP contribution in [0.2, 0.25) is 10.0 Å². The summed E-state index contributed by atoms with van der Waals surface area (Å²) in [6.07, 6.45) is 0. The second-order valence-electron chi connectivity index (χ2n) is 4.01. The zero-order valence-corrected chi connectivity index (χ0v) is 12.2. The van der Waals surface area contributed by atoms with Gasteiger partial charge in [0.25, 0.3) is 0 Å². The first kappa shape index (κ1) is 14.7. The molecule has 0 heterocycles. The molecular formula is C15H12Cl2O3. The number of ether oxygens (including phenoxy) is 2. The van der Waals surface area contributed by atoms with E-state index in [0.29, 0.717) is 26.9 Å². The van der Waals surface area contributed by atoms with Gasteiger partial charge < -0.3 is 9.47 Å². The van der Waals surface area contributed by atoms with Gasteiger partial charge in [-0.1, -0.05) is 35.3 Å². The van der Waals surface area contributed by atoms with E-state index in [0.717, 1.165) is 0 Å². The van der Waals surface area contributed by atoms with Crippen molar-refractivity contribution in [1.29, 1.82) is 0 Å². The van der Waals surface area contributed by atoms with Crippen molar-refractivity contribution >= 4 is 29.2 Å². The van der Waals surface area contributed by atoms with Crippen LogP contribution in [-0.2, 0) is 11.3 Å². The third kappa shape index (κ3) is 3.44. The van der Waals surface area contributed by atoms with Crippen LogP contribution in [0.5, 0.6) is 5.75 Å². The second kappa shape index (κ2) is 6.64. The number of carbonyl (C=O) groups is 1. The molecule has 0 aromatic heterocycles. The Labute approximate surface area is 127 Å². The molecule has 0 atom stereocenters. The summed E-state index contributed by atoms with van der Waals surface area (Å²) in [4.78, 5) is 11.4. The Bertz CT molecular complexity index is 606. The molecule has 20 heavy (non-hydrogen) atoms. The van der Waals surface area contributed by atoms with Gasteiger partial charge in [-0.2, -0.15) is 0 Å². The average molecular weight is 311 g/mol. The molecule has 0 saturated carbocycles. The van der Waals surface area contributed by atoms with Crippen molar-refractivity contribution in [3.8, 4) is 5.75 Å². The van der Waals surface area contributed by atoms with E-state index in [2.05, 4.69) is 4.74 Å². The fourth-order valence-electron chi connectivity index (χ4n) is 1.66. The first-order chi connectivity index (χ1) is 9.61. The molecule has 0 aliphatic rings. The number of hydrogen-bond donors (Lipinski definition) is 0. The van der Waals surface area contributed by atoms with Crippen LogP contribution < -0.4 is 4.74 Å². The lowest BCUT2D eigenvalue weighted by Gasteiger charge is -2.10. The number of halogens is 2. The molecule has 0 aliphatic heterocycles. The average Bonchev–Trinajstić information content (AvgIpc) is 2.46. The zero-order chi connectivity index (χ0) is 14.5. The number of esters is 1. The van der Waals surface area contributed by atoms with Gasteiger partial charge in [0, 0.05) is 15.6 Å². The van der Waals surface area contributed by atoms with Crippen LogP contribution in [0.15, 0.2) is 42.5 Å². The summed E-state index contributed by atoms with van der Waals surface area (Å²) in [6.45, 7) is 0.225. The Kier molecular flexibility index (Phi) is 4.88. The molecule has 0 saturated heterocycles. The highest BCUT2D eigenvalue weighted by Gasteiger charge is 2.09. The Morgan fingerprint density at radius 2 is 1.75 bits per heavy atom. The van der Waals surface area contributed by atoms with Crippen LogP contribution >= 0.6 is 23.2 Å². The summed E-state index contributed by atoms with van der Waals surface area (Å²) >= 11 is 12.1. The summed E-state index contributed by atoms with van der Waals surface area (Å²) in [6, 6.07) is 12.0. The molecule has 0 N–H and O–H groups in total. The van der Waals surface area contributed by atoms with Crippen molar-refractivity contribution in [2.45, 2.75) is 6.61 Å². The monoisotopic (exact) mass is 310 g/mol. The predicted molar refractivity (Wildman–Crippen MR) is 78.6 cm³/mol. The molecular weight excluding hydrogens is 299 g/mol. The minimum Gasteiger partial charge on any atom is -0.489 e. The maximum atomic E-state index is 11.4. The summed E-state index contributed by atoms with van der Waals surface area (Å²) < 4.78 is 10.3. The first-order valence-corrected chi connectivity index (χ1v) is 6.61. The third-order valence-corrected chi connectivity index (χ3v) is 3.41. The quantitative estimate of drug-likeness (QED) is 0.787. The van der Waals surface area contributed by atoms with Gasteiger partial charge in [-0.25, -0.2) is 4.79 Å². The van der Waals surface area contributed by atoms with Crippen molar-refractivity contribution < 1.29 is 14.3 Å². The number of rotatable bonds is 4. The number of methoxy groups -OCH3 is 1. The van der Waals surface area contributed by atoms with Gasteiger partial charge in [-0.3, -0.25) is 0 Å². The highest BCUT2D eigenvalue weighted by molar-refractivity contribution is 6.35. The van der Waals surface area contributed by atoms with Crippen LogP contribution in [-0.4, -0.2) is 13.1 Å². The van der Waals surface area contributed by atoms with Crippen molar-refractivity contribution in [1.82, 2.24) is 0 Å². The van der Waals surface area contributed by atoms with Crippen LogP contribution in [0, 0.1) is 0 Å². The standard InChI is InChI=1S/C15H12Cl2O3/c1-19-15(18)10-4-2-5-11(8-10)20-9-12-13(16)6-3-7-14(12)17/h2-8H,9H2,1H3. The lowest BCUT2D eigenvalue weighted by atomic mass is 10.2. The largest absolute Gasteiger partial charge is 0.489 e. The Morgan fingerprint density at radius 3 is 2.40 bits per heavy atom. The molecule has 0 bridgehead atoms. The van der Waals surface area contributed by atoms with Crippen LogP contribution in [0.4, 0.5) is 0 Å². The summed E-state index contributed by atoms with van der Waals surface area (Å²) in [5.41, 5.74) is 1.13. The molecule has 2 aromatic carbocycles. The lowest BCUT2D eigenvalue weighted by Crippen LogP contribution is -2.02. The highest BCUT2D eigenvalue weighted by atomic mass is 35.5. The normalized spacial score (nSPS) is 10.2. The minimum absolute atomic E-state index is 0.225. The molecule has 3 nitrogen and oxygen atoms in total. The fourth-order valence-corrected chi connectivity index (χ4v) is 2.16. The van der Waals surface area contributed by atoms with E-state index >= 15 is 0 Å². The molecule has 5 heteroatoms. The van der Waals surface area contributed by atoms with Crippen LogP contribution in [0.3, 0.4) is 0 Å². The van der Waals surface area contributed by atoms with E-state index in [1.807, 2.05) is 0 Å². The van der Waals surface area contributed by atoms with E-state index in [9.17, 15) is 4.79 Å². The Morgan fingerprint density at radius 1 is 1.10 bits per heavy atom. The second-order valence-corrected chi connectivity index (χ2v) is 4.82. The summed E-state index contributed by atoms with van der Waals surface area (Å²) in [5, 5.41) is 1.09. The van der Waals surface area contributed by atoms with Gasteiger partial charge in [0.15, 0.2) is 0 Å². The molecule has 0 aliphatic carbocycles. The van der Waals surface area contributed by atoms with Gasteiger partial charge in [0.05, 0.1) is 12.7 Å². The zero-order valence-electron chi connectivity index (χ0n) is 10.7. The maximum Gasteiger partial charge on any atom is 0.337 e. The summed E-state index contributed by atoms with van der Waals surface area (Å²) in [7, 11) is 1.33. The van der Waals surface area contributed by atoms with E-state index < -0.39 is 5.97 Å². The van der Waals surface area contributed by atoms with Gasteiger partial charge in [0.2, 0.25) is 0 Å². The summed E-state index contributed by atoms with van der Waals surface area (Å²) in [5.74, 6) is 0.134. The van der Waals surface area contributed by atoms with E-state index in [1.165, 1.54) is 7.11 Å². The van der Waals surface area contributed by atoms with Crippen LogP contribution in [0.1, 0.15) is 15.9 Å². The fraction of sp³-hybridized carbons (Fsp3) is 0.133. The lowest BCUT2D eigenvalue weighted by molar-refractivity contribution is 0.0600. The molecule has 0 spiro atoms. The van der Waals surface area contributed by atoms with Gasteiger partial charge in [0.1, 0.15) is 12.4 Å². The Balaban J connectivity index is 2.13. The number of hydrogen-bond acceptors (Lipinski definition) is 3. The third-order valence-electron chi connectivity index (χ3n) is 2.70. The van der Waals surface area contributed by atoms with E-state index in [4.69, 9.17) is 27.9 Å². The predicted octanol–water partition coefficient (Wildman–Crippen LogP) is 4.36. The van der Waals surface area contributed by atoms with Gasteiger partial charge in [-0.05, 0) is 30.3 Å². The molecule has 0 radical (unpaired) electrons. The number of benzene rings is 2. The number of carbonyl (C=O) groups excluding carboxylic acids is 1. The van der Waals surface area contributed by atoms with Crippen LogP contribution in [0.25, 0.3) is 0 Å². The van der Waals surface area contributed by atoms with E-state index in [1.54, 1.807) is 42.5 Å². The smallest absolute Gasteiger partial charge is 0.337 e. The molecule has 0 fully saturated rings.